The van der Waals surface area contributed by atoms with Crippen LogP contribution in [0.2, 0.25) is 5.02 Å². The van der Waals surface area contributed by atoms with E-state index in [2.05, 4.69) is 5.43 Å². The average Bonchev–Trinajstić information content (AvgIpc) is 2.41. The van der Waals surface area contributed by atoms with E-state index in [1.54, 1.807) is 18.2 Å². The lowest BCUT2D eigenvalue weighted by Crippen LogP contribution is -2.31. The fourth-order valence-corrected chi connectivity index (χ4v) is 2.57. The zero-order valence-electron chi connectivity index (χ0n) is 10.2. The zero-order valence-corrected chi connectivity index (χ0v) is 10.9. The van der Waals surface area contributed by atoms with E-state index >= 15 is 0 Å². The van der Waals surface area contributed by atoms with Crippen LogP contribution in [0.3, 0.4) is 0 Å². The molecule has 0 aliphatic carbocycles. The van der Waals surface area contributed by atoms with Crippen LogP contribution in [0, 0.1) is 11.7 Å². The highest BCUT2D eigenvalue weighted by Crippen LogP contribution is 2.30. The Bertz CT molecular complexity index is 397. The normalized spacial score (nSPS) is 18.8. The van der Waals surface area contributed by atoms with E-state index < -0.39 is 0 Å². The van der Waals surface area contributed by atoms with Crippen molar-refractivity contribution in [1.82, 2.24) is 5.43 Å². The van der Waals surface area contributed by atoms with E-state index in [1.165, 1.54) is 0 Å². The molecule has 1 aliphatic heterocycles. The molecule has 1 aromatic rings. The molecular formula is C13H18ClFN2O. The first-order valence-corrected chi connectivity index (χ1v) is 6.58. The molecule has 1 atom stereocenters. The molecule has 3 N–H and O–H groups in total. The van der Waals surface area contributed by atoms with Crippen molar-refractivity contribution in [2.75, 3.05) is 13.2 Å². The second kappa shape index (κ2) is 6.48. The van der Waals surface area contributed by atoms with Gasteiger partial charge in [0.15, 0.2) is 0 Å². The van der Waals surface area contributed by atoms with Crippen LogP contribution in [0.25, 0.3) is 0 Å². The number of ether oxygens (including phenoxy) is 1. The summed E-state index contributed by atoms with van der Waals surface area (Å²) in [4.78, 5) is 0. The van der Waals surface area contributed by atoms with Gasteiger partial charge < -0.3 is 4.74 Å². The molecule has 2 rings (SSSR count). The summed E-state index contributed by atoms with van der Waals surface area (Å²) < 4.78 is 19.3. The Morgan fingerprint density at radius 1 is 1.44 bits per heavy atom. The van der Waals surface area contributed by atoms with Gasteiger partial charge in [-0.05, 0) is 31.2 Å². The molecule has 100 valence electrons. The lowest BCUT2D eigenvalue weighted by Gasteiger charge is -2.26. The van der Waals surface area contributed by atoms with Gasteiger partial charge in [-0.15, -0.1) is 0 Å². The maximum atomic E-state index is 13.9. The maximum Gasteiger partial charge on any atom is 0.146 e. The SMILES string of the molecule is NNC(CC1CCOCC1)c1cccc(Cl)c1F. The molecule has 0 amide bonds. The Labute approximate surface area is 111 Å². The number of hydrogen-bond acceptors (Lipinski definition) is 3. The summed E-state index contributed by atoms with van der Waals surface area (Å²) in [7, 11) is 0. The average molecular weight is 273 g/mol. The Morgan fingerprint density at radius 2 is 2.17 bits per heavy atom. The molecule has 1 aliphatic rings. The molecule has 1 fully saturated rings. The molecule has 0 bridgehead atoms. The summed E-state index contributed by atoms with van der Waals surface area (Å²) in [6.45, 7) is 1.56. The summed E-state index contributed by atoms with van der Waals surface area (Å²) in [6, 6.07) is 4.81. The van der Waals surface area contributed by atoms with Crippen LogP contribution in [0.15, 0.2) is 18.2 Å². The quantitative estimate of drug-likeness (QED) is 0.654. The van der Waals surface area contributed by atoms with Crippen LogP contribution in [0.4, 0.5) is 4.39 Å². The van der Waals surface area contributed by atoms with E-state index in [0.717, 1.165) is 32.5 Å². The number of benzene rings is 1. The summed E-state index contributed by atoms with van der Waals surface area (Å²) >= 11 is 5.79. The molecule has 1 saturated heterocycles. The van der Waals surface area contributed by atoms with E-state index in [9.17, 15) is 4.39 Å². The van der Waals surface area contributed by atoms with Gasteiger partial charge in [0.1, 0.15) is 5.82 Å². The van der Waals surface area contributed by atoms with Crippen LogP contribution >= 0.6 is 11.6 Å². The van der Waals surface area contributed by atoms with Crippen LogP contribution in [0.5, 0.6) is 0 Å². The Morgan fingerprint density at radius 3 is 2.83 bits per heavy atom. The minimum Gasteiger partial charge on any atom is -0.381 e. The third-order valence-electron chi connectivity index (χ3n) is 3.47. The second-order valence-corrected chi connectivity index (χ2v) is 5.06. The zero-order chi connectivity index (χ0) is 13.0. The molecule has 1 heterocycles. The van der Waals surface area contributed by atoms with E-state index in [-0.39, 0.29) is 16.9 Å². The number of halogens is 2. The molecule has 1 aromatic carbocycles. The Kier molecular flexibility index (Phi) is 4.95. The topological polar surface area (TPSA) is 47.3 Å². The third-order valence-corrected chi connectivity index (χ3v) is 3.76. The number of rotatable bonds is 4. The van der Waals surface area contributed by atoms with Gasteiger partial charge in [-0.1, -0.05) is 23.7 Å². The van der Waals surface area contributed by atoms with Gasteiger partial charge in [-0.25, -0.2) is 4.39 Å². The molecule has 0 saturated carbocycles. The number of hydrogen-bond donors (Lipinski definition) is 2. The van der Waals surface area contributed by atoms with Gasteiger partial charge in [0, 0.05) is 24.8 Å². The number of nitrogens with one attached hydrogen (secondary N) is 1. The van der Waals surface area contributed by atoms with Gasteiger partial charge >= 0.3 is 0 Å². The summed E-state index contributed by atoms with van der Waals surface area (Å²) in [5.41, 5.74) is 3.23. The molecule has 3 nitrogen and oxygen atoms in total. The largest absolute Gasteiger partial charge is 0.381 e. The van der Waals surface area contributed by atoms with Gasteiger partial charge in [0.2, 0.25) is 0 Å². The molecule has 1 unspecified atom stereocenters. The fourth-order valence-electron chi connectivity index (χ4n) is 2.39. The molecule has 18 heavy (non-hydrogen) atoms. The highest BCUT2D eigenvalue weighted by Gasteiger charge is 2.22. The summed E-state index contributed by atoms with van der Waals surface area (Å²) in [6.07, 6.45) is 2.80. The van der Waals surface area contributed by atoms with Crippen molar-refractivity contribution >= 4 is 11.6 Å². The maximum absolute atomic E-state index is 13.9. The first kappa shape index (κ1) is 13.7. The number of hydrazine groups is 1. The van der Waals surface area contributed by atoms with Gasteiger partial charge in [-0.3, -0.25) is 11.3 Å². The smallest absolute Gasteiger partial charge is 0.146 e. The van der Waals surface area contributed by atoms with Crippen LogP contribution in [-0.4, -0.2) is 13.2 Å². The van der Waals surface area contributed by atoms with Gasteiger partial charge in [-0.2, -0.15) is 0 Å². The third kappa shape index (κ3) is 3.20. The van der Waals surface area contributed by atoms with E-state index in [0.29, 0.717) is 11.5 Å². The lowest BCUT2D eigenvalue weighted by molar-refractivity contribution is 0.0604. The monoisotopic (exact) mass is 272 g/mol. The molecule has 0 aromatic heterocycles. The summed E-state index contributed by atoms with van der Waals surface area (Å²) in [5.74, 6) is 5.68. The molecule has 0 spiro atoms. The van der Waals surface area contributed by atoms with Crippen LogP contribution < -0.4 is 11.3 Å². The van der Waals surface area contributed by atoms with Crippen molar-refractivity contribution in [3.8, 4) is 0 Å². The molecular weight excluding hydrogens is 255 g/mol. The standard InChI is InChI=1S/C13H18ClFN2O/c14-11-3-1-2-10(13(11)15)12(17-16)8-9-4-6-18-7-5-9/h1-3,9,12,17H,4-8,16H2. The highest BCUT2D eigenvalue weighted by molar-refractivity contribution is 6.30. The van der Waals surface area contributed by atoms with Crippen molar-refractivity contribution in [3.05, 3.63) is 34.6 Å². The van der Waals surface area contributed by atoms with Gasteiger partial charge in [0.25, 0.3) is 0 Å². The highest BCUT2D eigenvalue weighted by atomic mass is 35.5. The van der Waals surface area contributed by atoms with Crippen molar-refractivity contribution in [1.29, 1.82) is 0 Å². The van der Waals surface area contributed by atoms with Crippen LogP contribution in [-0.2, 0) is 4.74 Å². The molecule has 0 radical (unpaired) electrons. The first-order valence-electron chi connectivity index (χ1n) is 6.20. The van der Waals surface area contributed by atoms with Crippen molar-refractivity contribution in [2.45, 2.75) is 25.3 Å². The second-order valence-electron chi connectivity index (χ2n) is 4.65. The lowest BCUT2D eigenvalue weighted by atomic mass is 9.89. The molecule has 5 heteroatoms. The minimum absolute atomic E-state index is 0.139. The minimum atomic E-state index is -0.380. The van der Waals surface area contributed by atoms with Crippen LogP contribution in [0.1, 0.15) is 30.9 Å². The van der Waals surface area contributed by atoms with E-state index in [4.69, 9.17) is 22.2 Å². The van der Waals surface area contributed by atoms with Gasteiger partial charge in [0.05, 0.1) is 5.02 Å². The Balaban J connectivity index is 2.09. The Hall–Kier alpha value is -0.680. The number of nitrogens with two attached hydrogens (primary N) is 1. The van der Waals surface area contributed by atoms with Crippen molar-refractivity contribution in [3.63, 3.8) is 0 Å². The van der Waals surface area contributed by atoms with Crippen molar-refractivity contribution in [2.24, 2.45) is 11.8 Å². The summed E-state index contributed by atoms with van der Waals surface area (Å²) in [5, 5.41) is 0.139. The predicted octanol–water partition coefficient (Wildman–Crippen LogP) is 2.80. The predicted molar refractivity (Wildman–Crippen MR) is 69.6 cm³/mol. The van der Waals surface area contributed by atoms with Crippen molar-refractivity contribution < 1.29 is 9.13 Å². The fraction of sp³-hybridized carbons (Fsp3) is 0.538. The first-order chi connectivity index (χ1) is 8.72. The van der Waals surface area contributed by atoms with E-state index in [1.807, 2.05) is 0 Å².